The summed E-state index contributed by atoms with van der Waals surface area (Å²) in [5, 5.41) is 0. The monoisotopic (exact) mass is 182 g/mol. The lowest BCUT2D eigenvalue weighted by molar-refractivity contribution is 0.181. The molecule has 2 aliphatic carbocycles. The van der Waals surface area contributed by atoms with Crippen molar-refractivity contribution in [2.75, 3.05) is 0 Å². The minimum Gasteiger partial charge on any atom is -0.0683 e. The molecule has 2 bridgehead atoms. The first-order valence-corrected chi connectivity index (χ1v) is 6.20. The van der Waals surface area contributed by atoms with E-state index in [4.69, 9.17) is 0 Å². The SMILES string of the molecule is CC.CC(C)[C@H]1[C@@H]2CC[C@@H](C2)[C@H]1C. The molecule has 0 aromatic carbocycles. The maximum absolute atomic E-state index is 2.48. The Balaban J connectivity index is 0.000000396. The summed E-state index contributed by atoms with van der Waals surface area (Å²) in [5.41, 5.74) is 0. The zero-order chi connectivity index (χ0) is 10.0. The van der Waals surface area contributed by atoms with E-state index in [0.29, 0.717) is 0 Å². The Morgan fingerprint density at radius 2 is 1.54 bits per heavy atom. The molecule has 0 nitrogen and oxygen atoms in total. The van der Waals surface area contributed by atoms with E-state index in [1.165, 1.54) is 12.8 Å². The molecule has 0 aromatic heterocycles. The van der Waals surface area contributed by atoms with Gasteiger partial charge in [0, 0.05) is 0 Å². The quantitative estimate of drug-likeness (QED) is 0.565. The molecule has 0 heteroatoms. The summed E-state index contributed by atoms with van der Waals surface area (Å²) in [7, 11) is 0. The molecule has 2 saturated carbocycles. The lowest BCUT2D eigenvalue weighted by Gasteiger charge is -2.31. The first kappa shape index (κ1) is 11.1. The second-order valence-corrected chi connectivity index (χ2v) is 5.01. The Labute approximate surface area is 84.1 Å². The van der Waals surface area contributed by atoms with Gasteiger partial charge in [0.2, 0.25) is 0 Å². The summed E-state index contributed by atoms with van der Waals surface area (Å²) in [4.78, 5) is 0. The third-order valence-electron chi connectivity index (χ3n) is 4.18. The van der Waals surface area contributed by atoms with Gasteiger partial charge < -0.3 is 0 Å². The molecule has 0 saturated heterocycles. The van der Waals surface area contributed by atoms with Crippen molar-refractivity contribution in [1.82, 2.24) is 0 Å². The maximum atomic E-state index is 2.48. The Morgan fingerprint density at radius 1 is 1.00 bits per heavy atom. The van der Waals surface area contributed by atoms with E-state index in [-0.39, 0.29) is 0 Å². The van der Waals surface area contributed by atoms with E-state index in [1.54, 1.807) is 6.42 Å². The lowest BCUT2D eigenvalue weighted by atomic mass is 9.74. The minimum absolute atomic E-state index is 0.931. The minimum atomic E-state index is 0.931. The molecule has 0 aliphatic heterocycles. The highest BCUT2D eigenvalue weighted by Crippen LogP contribution is 2.54. The van der Waals surface area contributed by atoms with Crippen LogP contribution in [0, 0.1) is 29.6 Å². The van der Waals surface area contributed by atoms with Crippen molar-refractivity contribution in [3.63, 3.8) is 0 Å². The number of hydrogen-bond acceptors (Lipinski definition) is 0. The van der Waals surface area contributed by atoms with Crippen LogP contribution in [0.15, 0.2) is 0 Å². The van der Waals surface area contributed by atoms with Crippen molar-refractivity contribution in [3.05, 3.63) is 0 Å². The van der Waals surface area contributed by atoms with Crippen LogP contribution in [0.5, 0.6) is 0 Å². The molecule has 0 spiro atoms. The van der Waals surface area contributed by atoms with Gasteiger partial charge in [0.15, 0.2) is 0 Å². The average molecular weight is 182 g/mol. The molecular formula is C13H26. The zero-order valence-electron chi connectivity index (χ0n) is 10.0. The van der Waals surface area contributed by atoms with Crippen molar-refractivity contribution >= 4 is 0 Å². The third kappa shape index (κ3) is 1.92. The van der Waals surface area contributed by atoms with E-state index < -0.39 is 0 Å². The fraction of sp³-hybridized carbons (Fsp3) is 1.00. The predicted molar refractivity (Wildman–Crippen MR) is 59.7 cm³/mol. The van der Waals surface area contributed by atoms with Gasteiger partial charge in [0.25, 0.3) is 0 Å². The Morgan fingerprint density at radius 3 is 1.85 bits per heavy atom. The second-order valence-electron chi connectivity index (χ2n) is 5.01. The topological polar surface area (TPSA) is 0 Å². The smallest absolute Gasteiger partial charge is 0.0334 e. The molecule has 0 amide bonds. The Kier molecular flexibility index (Phi) is 3.82. The van der Waals surface area contributed by atoms with Crippen molar-refractivity contribution < 1.29 is 0 Å². The van der Waals surface area contributed by atoms with E-state index in [2.05, 4.69) is 20.8 Å². The van der Waals surface area contributed by atoms with Crippen LogP contribution in [0.4, 0.5) is 0 Å². The first-order chi connectivity index (χ1) is 6.20. The van der Waals surface area contributed by atoms with Crippen LogP contribution in [0.1, 0.15) is 53.9 Å². The van der Waals surface area contributed by atoms with Crippen LogP contribution in [-0.4, -0.2) is 0 Å². The summed E-state index contributed by atoms with van der Waals surface area (Å²) in [6.07, 6.45) is 4.64. The summed E-state index contributed by atoms with van der Waals surface area (Å²) >= 11 is 0. The molecule has 0 aromatic rings. The molecule has 2 aliphatic rings. The van der Waals surface area contributed by atoms with Crippen LogP contribution < -0.4 is 0 Å². The summed E-state index contributed by atoms with van der Waals surface area (Å²) in [5.74, 6) is 5.24. The van der Waals surface area contributed by atoms with Gasteiger partial charge in [-0.15, -0.1) is 0 Å². The summed E-state index contributed by atoms with van der Waals surface area (Å²) in [6.45, 7) is 11.3. The van der Waals surface area contributed by atoms with E-state index in [9.17, 15) is 0 Å². The van der Waals surface area contributed by atoms with Gasteiger partial charge in [-0.2, -0.15) is 0 Å². The normalized spacial score (nSPS) is 42.0. The van der Waals surface area contributed by atoms with Gasteiger partial charge in [-0.1, -0.05) is 34.6 Å². The molecule has 0 N–H and O–H groups in total. The summed E-state index contributed by atoms with van der Waals surface area (Å²) in [6, 6.07) is 0. The van der Waals surface area contributed by atoms with E-state index in [0.717, 1.165) is 29.6 Å². The summed E-state index contributed by atoms with van der Waals surface area (Å²) < 4.78 is 0. The van der Waals surface area contributed by atoms with Crippen molar-refractivity contribution in [1.29, 1.82) is 0 Å². The highest BCUT2D eigenvalue weighted by Gasteiger charge is 2.45. The molecule has 0 unspecified atom stereocenters. The van der Waals surface area contributed by atoms with Gasteiger partial charge in [-0.3, -0.25) is 0 Å². The lowest BCUT2D eigenvalue weighted by Crippen LogP contribution is -2.24. The molecule has 0 heterocycles. The van der Waals surface area contributed by atoms with Crippen molar-refractivity contribution in [2.24, 2.45) is 29.6 Å². The molecular weight excluding hydrogens is 156 g/mol. The Bertz CT molecular complexity index is 146. The Hall–Kier alpha value is 0. The van der Waals surface area contributed by atoms with Crippen LogP contribution in [0.25, 0.3) is 0 Å². The maximum Gasteiger partial charge on any atom is -0.0334 e. The fourth-order valence-electron chi connectivity index (χ4n) is 3.77. The van der Waals surface area contributed by atoms with Gasteiger partial charge >= 0.3 is 0 Å². The van der Waals surface area contributed by atoms with E-state index >= 15 is 0 Å². The highest BCUT2D eigenvalue weighted by molar-refractivity contribution is 4.95. The third-order valence-corrected chi connectivity index (χ3v) is 4.18. The zero-order valence-corrected chi connectivity index (χ0v) is 10.0. The molecule has 0 radical (unpaired) electrons. The van der Waals surface area contributed by atoms with Crippen LogP contribution in [0.2, 0.25) is 0 Å². The van der Waals surface area contributed by atoms with Gasteiger partial charge in [0.05, 0.1) is 0 Å². The molecule has 2 fully saturated rings. The number of fused-ring (bicyclic) bond motifs is 2. The molecule has 78 valence electrons. The fourth-order valence-corrected chi connectivity index (χ4v) is 3.77. The average Bonchev–Trinajstić information content (AvgIpc) is 2.66. The van der Waals surface area contributed by atoms with E-state index in [1.807, 2.05) is 13.8 Å². The second kappa shape index (κ2) is 4.48. The molecule has 2 rings (SSSR count). The standard InChI is InChI=1S/C11H20.C2H6/c1-7(2)11-8(3)9-4-5-10(11)6-9;1-2/h7-11H,4-6H2,1-3H3;1-2H3/t8-,9+,10-,11-;/m1./s1. The van der Waals surface area contributed by atoms with Crippen LogP contribution in [-0.2, 0) is 0 Å². The van der Waals surface area contributed by atoms with Crippen LogP contribution in [0.3, 0.4) is 0 Å². The number of hydrogen-bond donors (Lipinski definition) is 0. The van der Waals surface area contributed by atoms with Crippen molar-refractivity contribution in [3.8, 4) is 0 Å². The predicted octanol–water partition coefficient (Wildman–Crippen LogP) is 4.35. The van der Waals surface area contributed by atoms with Crippen LogP contribution >= 0.6 is 0 Å². The largest absolute Gasteiger partial charge is 0.0683 e. The number of rotatable bonds is 1. The molecule has 4 atom stereocenters. The first-order valence-electron chi connectivity index (χ1n) is 6.20. The van der Waals surface area contributed by atoms with Gasteiger partial charge in [0.1, 0.15) is 0 Å². The van der Waals surface area contributed by atoms with Gasteiger partial charge in [-0.25, -0.2) is 0 Å². The van der Waals surface area contributed by atoms with Gasteiger partial charge in [-0.05, 0) is 48.9 Å². The molecule has 13 heavy (non-hydrogen) atoms. The highest BCUT2D eigenvalue weighted by atomic mass is 14.5. The van der Waals surface area contributed by atoms with Crippen molar-refractivity contribution in [2.45, 2.75) is 53.9 Å².